The van der Waals surface area contributed by atoms with Crippen molar-refractivity contribution in [3.8, 4) is 23.0 Å². The van der Waals surface area contributed by atoms with Gasteiger partial charge < -0.3 is 18.9 Å². The Labute approximate surface area is 945 Å². The van der Waals surface area contributed by atoms with Crippen LogP contribution in [0.2, 0.25) is 5.02 Å². The summed E-state index contributed by atoms with van der Waals surface area (Å²) in [5.74, 6) is 3.32. The van der Waals surface area contributed by atoms with E-state index in [9.17, 15) is 0 Å². The molecule has 660 valence electrons. The molecule has 0 amide bonds. The average Bonchev–Trinajstić information content (AvgIpc) is 0.735. The van der Waals surface area contributed by atoms with E-state index in [1.165, 1.54) is 109 Å². The summed E-state index contributed by atoms with van der Waals surface area (Å²) >= 11 is 6.21. The predicted octanol–water partition coefficient (Wildman–Crippen LogP) is 1.34. The van der Waals surface area contributed by atoms with Gasteiger partial charge in [-0.25, -0.2) is 0 Å². The van der Waals surface area contributed by atoms with Crippen molar-refractivity contribution in [3.63, 3.8) is 0 Å². The zero-order valence-corrected chi connectivity index (χ0v) is 92.9. The summed E-state index contributed by atoms with van der Waals surface area (Å²) in [5.41, 5.74) is 27.0. The smallest absolute Gasteiger partial charge is 0.497 e. The molecule has 0 bridgehead atoms. The summed E-state index contributed by atoms with van der Waals surface area (Å²) < 4.78 is 22.2. The molecule has 4 nitrogen and oxygen atoms in total. The van der Waals surface area contributed by atoms with Crippen LogP contribution in [-0.4, -0.2) is 59.2 Å². The molecule has 20 aromatic rings. The van der Waals surface area contributed by atoms with Gasteiger partial charge in [-0.3, -0.25) is 0 Å². The Morgan fingerprint density at radius 2 is 0.286 bits per heavy atom. The molecule has 0 atom stereocenters. The molecule has 0 aliphatic carbocycles. The number of rotatable bonds is 24. The van der Waals surface area contributed by atoms with Gasteiger partial charge >= 0.3 is 148 Å². The first-order valence-corrected chi connectivity index (χ1v) is 47.0. The maximum Gasteiger partial charge on any atom is 1.00 e. The second-order valence-corrected chi connectivity index (χ2v) is 35.1. The van der Waals surface area contributed by atoms with E-state index < -0.39 is 30.7 Å². The minimum Gasteiger partial charge on any atom is -0.497 e. The zero-order valence-electron chi connectivity index (χ0n) is 82.2. The Morgan fingerprint density at radius 3 is 0.479 bits per heavy atom. The van der Waals surface area contributed by atoms with Gasteiger partial charge in [0.2, 0.25) is 0 Å². The van der Waals surface area contributed by atoms with E-state index >= 15 is 0 Å². The van der Waals surface area contributed by atoms with Crippen molar-refractivity contribution >= 4 is 152 Å². The topological polar surface area (TPSA) is 36.9 Å². The van der Waals surface area contributed by atoms with Crippen LogP contribution in [0.25, 0.3) is 0 Å². The van der Waals surface area contributed by atoms with Gasteiger partial charge in [-0.2, -0.15) is 109 Å². The number of halogens is 1. The third kappa shape index (κ3) is 24.2. The van der Waals surface area contributed by atoms with Crippen LogP contribution >= 0.6 is 11.6 Å². The van der Waals surface area contributed by atoms with Crippen LogP contribution in [0.3, 0.4) is 0 Å². The van der Waals surface area contributed by atoms with Crippen LogP contribution in [0.15, 0.2) is 570 Å². The Bertz CT molecular complexity index is 6310. The summed E-state index contributed by atoms with van der Waals surface area (Å²) in [6, 6.07) is 202. The molecule has 0 spiro atoms. The second-order valence-electron chi connectivity index (χ2n) is 34.6. The van der Waals surface area contributed by atoms with Crippen molar-refractivity contribution in [1.82, 2.24) is 0 Å². The summed E-state index contributed by atoms with van der Waals surface area (Å²) in [7, 11) is 6.82. The van der Waals surface area contributed by atoms with E-state index in [4.69, 9.17) is 30.5 Å². The molecule has 0 saturated heterocycles. The van der Waals surface area contributed by atoms with E-state index in [0.29, 0.717) is 0 Å². The van der Waals surface area contributed by atoms with Crippen molar-refractivity contribution in [2.45, 2.75) is 6.92 Å². The minimum absolute atomic E-state index is 0. The molecule has 0 N–H and O–H groups in total. The number of aryl methyl sites for hydroxylation is 1. The normalized spacial score (nSPS) is 10.8. The third-order valence-electron chi connectivity index (χ3n) is 27.5. The largest absolute Gasteiger partial charge is 1.00 e. The van der Waals surface area contributed by atoms with Crippen LogP contribution in [0.1, 0.15) is 5.56 Å². The summed E-state index contributed by atoms with van der Waals surface area (Å²) in [6.45, 7) is 2.14. The molecule has 0 aliphatic rings. The molecular weight excluding hydrogens is 1770 g/mol. The van der Waals surface area contributed by atoms with Gasteiger partial charge in [0.25, 0.3) is 0 Å². The van der Waals surface area contributed by atoms with Crippen LogP contribution in [0.5, 0.6) is 23.0 Å². The molecule has 0 unspecified atom stereocenters. The zero-order chi connectivity index (χ0) is 92.8. The Hall–Kier alpha value is -10.8. The predicted molar refractivity (Wildman–Crippen MR) is 586 cm³/mol. The Kier molecular flexibility index (Phi) is 42.6. The van der Waals surface area contributed by atoms with E-state index in [2.05, 4.69) is 553 Å². The van der Waals surface area contributed by atoms with Gasteiger partial charge in [-0.15, -0.1) is 0 Å². The summed E-state index contributed by atoms with van der Waals surface area (Å²) in [5, 5.41) is 0.757. The van der Waals surface area contributed by atoms with Gasteiger partial charge in [0, 0.05) is 11.1 Å². The van der Waals surface area contributed by atoms with E-state index in [0.717, 1.165) is 33.5 Å². The molecule has 0 fully saturated rings. The van der Waals surface area contributed by atoms with Crippen LogP contribution < -0.4 is 276 Å². The third-order valence-corrected chi connectivity index (χ3v) is 27.8. The molecule has 20 aromatic carbocycles. The molecular formula is C125H109B5ClNa5O4. The van der Waals surface area contributed by atoms with E-state index in [-0.39, 0.29) is 148 Å². The maximum atomic E-state index is 6.21. The van der Waals surface area contributed by atoms with Crippen LogP contribution in [-0.2, 0) is 0 Å². The van der Waals surface area contributed by atoms with E-state index in [1.807, 2.05) is 24.3 Å². The van der Waals surface area contributed by atoms with E-state index in [1.54, 1.807) is 28.4 Å². The first kappa shape index (κ1) is 110. The number of hydrogen-bond donors (Lipinski definition) is 0. The summed E-state index contributed by atoms with van der Waals surface area (Å²) in [6.07, 6.45) is -6.56. The van der Waals surface area contributed by atoms with Gasteiger partial charge in [-0.1, -0.05) is 551 Å². The van der Waals surface area contributed by atoms with Crippen molar-refractivity contribution < 1.29 is 167 Å². The molecule has 15 heteroatoms. The van der Waals surface area contributed by atoms with Crippen molar-refractivity contribution in [3.05, 3.63) is 581 Å². The number of benzene rings is 20. The van der Waals surface area contributed by atoms with Crippen LogP contribution in [0.4, 0.5) is 0 Å². The van der Waals surface area contributed by atoms with Crippen LogP contribution in [0, 0.1) is 6.92 Å². The summed E-state index contributed by atoms with van der Waals surface area (Å²) in [4.78, 5) is 0. The Morgan fingerprint density at radius 1 is 0.136 bits per heavy atom. The fourth-order valence-electron chi connectivity index (χ4n) is 21.4. The minimum atomic E-state index is -1.43. The van der Waals surface area contributed by atoms with Crippen molar-refractivity contribution in [2.24, 2.45) is 0 Å². The number of hydrogen-bond acceptors (Lipinski definition) is 4. The van der Waals surface area contributed by atoms with Gasteiger partial charge in [0.05, 0.1) is 28.4 Å². The van der Waals surface area contributed by atoms with Crippen molar-refractivity contribution in [1.29, 1.82) is 0 Å². The molecule has 0 heterocycles. The molecule has 0 radical (unpaired) electrons. The van der Waals surface area contributed by atoms with Crippen molar-refractivity contribution in [2.75, 3.05) is 28.4 Å². The van der Waals surface area contributed by atoms with Gasteiger partial charge in [-0.05, 0) is 37.3 Å². The first-order chi connectivity index (χ1) is 66.6. The van der Waals surface area contributed by atoms with Gasteiger partial charge in [0.15, 0.2) is 0 Å². The monoisotopic (exact) mass is 1880 g/mol. The fourth-order valence-corrected chi connectivity index (χ4v) is 21.5. The molecule has 0 aliphatic heterocycles. The second kappa shape index (κ2) is 54.4. The fraction of sp³-hybridized carbons (Fsp3) is 0.0400. The Balaban J connectivity index is 0.000000166. The SMILES string of the molecule is COc1cc(OC)cc([B-](c2ccccc2)(c2ccccc2)c2ccccc2)c1.COc1ccc([B-](c2ccccc2)(c2ccccc2)c2ccccc2)cc1.COc1cccc([B-](c2ccccc2)(c2ccccc2)c2ccccc2)c1.Cc1ccc([B-](c2ccccc2)(c2ccccc2)c2ccccc2)cc1.Clc1ccc([B-](c2ccccc2)(c2ccccc2)c2ccccc2)cc1.[Na+].[Na+].[Na+].[Na+].[Na+]. The first-order valence-electron chi connectivity index (χ1n) is 46.6. The number of ether oxygens (including phenoxy) is 4. The molecule has 20 rings (SSSR count). The quantitative estimate of drug-likeness (QED) is 0.0859. The molecule has 140 heavy (non-hydrogen) atoms. The maximum absolute atomic E-state index is 6.21. The molecule has 0 aromatic heterocycles. The average molecular weight is 1880 g/mol. The van der Waals surface area contributed by atoms with Gasteiger partial charge in [0.1, 0.15) is 53.7 Å². The molecule has 0 saturated carbocycles. The number of methoxy groups -OCH3 is 4. The standard InChI is InChI=1S/C26H24BO2.2C25H22BO.C25H22B.C24H19BCl.5Na/c1-28-25-18-24(19-26(20-25)29-2)27(21-12-6-3-7-13-21,22-14-8-4-9-15-22)23-16-10-5-11-17-23;1-27-25-19-11-18-24(20-25)26(21-12-5-2-6-13-21,22-14-7-3-8-15-22)23-16-9-4-10-17-23;1-27-25-19-17-24(18-20-25)26(21-11-5-2-6-12-21,22-13-7-3-8-14-22)23-15-9-4-10-16-23;1-21-17-19-25(20-18-21)26(22-11-5-2-6-12-22,23-13-7-3-8-14-23)24-15-9-4-10-16-24;26-24-18-16-23(17-19-24)25(20-10-4-1-5-11-20,21-12-6-2-7-13-21)22-14-8-3-9-15-22;;;;;/h3-20H,1-2H3;2*2-20H,1H3;2-20H,1H3;1-19H;;;;;/q5*-1;5*+1.